The van der Waals surface area contributed by atoms with Crippen LogP contribution in [0, 0.1) is 5.92 Å². The number of benzene rings is 2. The average Bonchev–Trinajstić information content (AvgIpc) is 2.60. The monoisotopic (exact) mass is 322 g/mol. The molecule has 0 spiro atoms. The second-order valence-corrected chi connectivity index (χ2v) is 6.68. The first-order chi connectivity index (χ1) is 11.4. The van der Waals surface area contributed by atoms with Crippen LogP contribution in [0.15, 0.2) is 54.6 Å². The lowest BCUT2D eigenvalue weighted by Crippen LogP contribution is -2.54. The van der Waals surface area contributed by atoms with Crippen molar-refractivity contribution >= 4 is 11.8 Å². The highest BCUT2D eigenvalue weighted by Crippen LogP contribution is 2.50. The van der Waals surface area contributed by atoms with Crippen LogP contribution in [-0.4, -0.2) is 23.8 Å². The molecule has 0 radical (unpaired) electrons. The predicted molar refractivity (Wildman–Crippen MR) is 93.4 cm³/mol. The summed E-state index contributed by atoms with van der Waals surface area (Å²) in [7, 11) is 1.79. The maximum atomic E-state index is 12.9. The van der Waals surface area contributed by atoms with Crippen molar-refractivity contribution in [2.75, 3.05) is 7.05 Å². The summed E-state index contributed by atoms with van der Waals surface area (Å²) < 4.78 is 0. The molecule has 1 heterocycles. The van der Waals surface area contributed by atoms with Gasteiger partial charge in [-0.05, 0) is 17.2 Å². The van der Waals surface area contributed by atoms with Crippen LogP contribution in [0.1, 0.15) is 41.4 Å². The van der Waals surface area contributed by atoms with Gasteiger partial charge >= 0.3 is 0 Å². The highest BCUT2D eigenvalue weighted by molar-refractivity contribution is 5.98. The van der Waals surface area contributed by atoms with Crippen molar-refractivity contribution in [3.63, 3.8) is 0 Å². The number of amides is 2. The number of carbonyl (C=O) groups excluding carboxylic acids is 2. The predicted octanol–water partition coefficient (Wildman–Crippen LogP) is 2.89. The zero-order chi connectivity index (χ0) is 17.5. The van der Waals surface area contributed by atoms with E-state index >= 15 is 0 Å². The van der Waals surface area contributed by atoms with Crippen molar-refractivity contribution in [3.05, 3.63) is 71.3 Å². The summed E-state index contributed by atoms with van der Waals surface area (Å²) in [5.74, 6) is -0.830. The molecule has 0 aromatic heterocycles. The van der Waals surface area contributed by atoms with E-state index in [1.54, 1.807) is 11.9 Å². The molecule has 2 aromatic carbocycles. The summed E-state index contributed by atoms with van der Waals surface area (Å²) >= 11 is 0. The standard InChI is InChI=1S/C20H22N2O2/c1-13(18(21)23)20(2)16-12-8-7-11-15(16)19(24)22(3)17(20)14-9-5-4-6-10-14/h4-13,17H,1-3H3,(H2,21,23). The molecule has 3 rings (SSSR count). The Morgan fingerprint density at radius 3 is 2.33 bits per heavy atom. The van der Waals surface area contributed by atoms with Crippen molar-refractivity contribution in [3.8, 4) is 0 Å². The minimum Gasteiger partial charge on any atom is -0.369 e. The minimum absolute atomic E-state index is 0.0337. The van der Waals surface area contributed by atoms with E-state index in [9.17, 15) is 9.59 Å². The summed E-state index contributed by atoms with van der Waals surface area (Å²) in [5, 5.41) is 0. The van der Waals surface area contributed by atoms with Gasteiger partial charge in [0.25, 0.3) is 5.91 Å². The quantitative estimate of drug-likeness (QED) is 0.944. The molecular formula is C20H22N2O2. The molecule has 0 bridgehead atoms. The fraction of sp³-hybridized carbons (Fsp3) is 0.300. The third-order valence-electron chi connectivity index (χ3n) is 5.46. The third kappa shape index (κ3) is 2.21. The van der Waals surface area contributed by atoms with Crippen molar-refractivity contribution in [2.24, 2.45) is 11.7 Å². The van der Waals surface area contributed by atoms with E-state index in [2.05, 4.69) is 0 Å². The Labute approximate surface area is 142 Å². The van der Waals surface area contributed by atoms with Gasteiger partial charge in [0, 0.05) is 23.9 Å². The first-order valence-corrected chi connectivity index (χ1v) is 8.10. The van der Waals surface area contributed by atoms with Crippen molar-refractivity contribution in [2.45, 2.75) is 25.3 Å². The summed E-state index contributed by atoms with van der Waals surface area (Å²) in [5.41, 5.74) is 7.61. The molecule has 0 saturated heterocycles. The van der Waals surface area contributed by atoms with E-state index in [0.29, 0.717) is 5.56 Å². The molecular weight excluding hydrogens is 300 g/mol. The number of likely N-dealkylation sites (N-methyl/N-ethyl adjacent to an activating group) is 1. The Morgan fingerprint density at radius 2 is 1.71 bits per heavy atom. The molecule has 0 aliphatic carbocycles. The van der Waals surface area contributed by atoms with Gasteiger partial charge in [-0.1, -0.05) is 62.4 Å². The lowest BCUT2D eigenvalue weighted by molar-refractivity contribution is -0.124. The van der Waals surface area contributed by atoms with Gasteiger partial charge in [0.2, 0.25) is 5.91 Å². The van der Waals surface area contributed by atoms with E-state index in [-0.39, 0.29) is 17.9 Å². The number of rotatable bonds is 3. The van der Waals surface area contributed by atoms with Crippen LogP contribution in [0.5, 0.6) is 0 Å². The Hall–Kier alpha value is -2.62. The Kier molecular flexibility index (Phi) is 3.91. The lowest BCUT2D eigenvalue weighted by Gasteiger charge is -2.50. The fourth-order valence-corrected chi connectivity index (χ4v) is 3.97. The van der Waals surface area contributed by atoms with Gasteiger partial charge in [0.1, 0.15) is 0 Å². The van der Waals surface area contributed by atoms with Gasteiger partial charge in [-0.25, -0.2) is 0 Å². The fourth-order valence-electron chi connectivity index (χ4n) is 3.97. The van der Waals surface area contributed by atoms with E-state index in [0.717, 1.165) is 11.1 Å². The summed E-state index contributed by atoms with van der Waals surface area (Å²) in [4.78, 5) is 26.7. The first-order valence-electron chi connectivity index (χ1n) is 8.10. The van der Waals surface area contributed by atoms with E-state index in [1.807, 2.05) is 68.4 Å². The maximum absolute atomic E-state index is 12.9. The molecule has 3 unspecified atom stereocenters. The van der Waals surface area contributed by atoms with Gasteiger partial charge in [-0.15, -0.1) is 0 Å². The van der Waals surface area contributed by atoms with E-state index in [4.69, 9.17) is 5.73 Å². The summed E-state index contributed by atoms with van der Waals surface area (Å²) in [6.45, 7) is 3.88. The normalized spacial score (nSPS) is 24.4. The van der Waals surface area contributed by atoms with Gasteiger partial charge in [0.15, 0.2) is 0 Å². The van der Waals surface area contributed by atoms with Gasteiger partial charge in [-0.2, -0.15) is 0 Å². The van der Waals surface area contributed by atoms with Crippen LogP contribution >= 0.6 is 0 Å². The molecule has 3 atom stereocenters. The van der Waals surface area contributed by atoms with Crippen LogP contribution in [0.2, 0.25) is 0 Å². The van der Waals surface area contributed by atoms with Crippen LogP contribution < -0.4 is 5.73 Å². The largest absolute Gasteiger partial charge is 0.369 e. The molecule has 2 N–H and O–H groups in total. The Balaban J connectivity index is 2.31. The molecule has 2 aromatic rings. The van der Waals surface area contributed by atoms with Crippen LogP contribution in [-0.2, 0) is 10.2 Å². The lowest BCUT2D eigenvalue weighted by atomic mass is 9.62. The molecule has 124 valence electrons. The number of primary amides is 1. The first kappa shape index (κ1) is 16.2. The molecule has 4 heteroatoms. The molecule has 0 fully saturated rings. The SMILES string of the molecule is CC(C(N)=O)C1(C)c2ccccc2C(=O)N(C)C1c1ccccc1. The summed E-state index contributed by atoms with van der Waals surface area (Å²) in [6.07, 6.45) is 0. The molecule has 1 aliphatic rings. The van der Waals surface area contributed by atoms with Crippen LogP contribution in [0.25, 0.3) is 0 Å². The Bertz CT molecular complexity index is 787. The zero-order valence-electron chi connectivity index (χ0n) is 14.2. The Morgan fingerprint density at radius 1 is 1.12 bits per heavy atom. The van der Waals surface area contributed by atoms with Gasteiger partial charge < -0.3 is 10.6 Å². The average molecular weight is 322 g/mol. The second-order valence-electron chi connectivity index (χ2n) is 6.68. The molecule has 1 aliphatic heterocycles. The number of carbonyl (C=O) groups is 2. The van der Waals surface area contributed by atoms with E-state index in [1.165, 1.54) is 0 Å². The van der Waals surface area contributed by atoms with E-state index < -0.39 is 11.3 Å². The zero-order valence-corrected chi connectivity index (χ0v) is 14.2. The number of hydrogen-bond donors (Lipinski definition) is 1. The van der Waals surface area contributed by atoms with Crippen molar-refractivity contribution in [1.82, 2.24) is 4.90 Å². The molecule has 24 heavy (non-hydrogen) atoms. The summed E-state index contributed by atoms with van der Waals surface area (Å²) in [6, 6.07) is 17.1. The number of fused-ring (bicyclic) bond motifs is 1. The van der Waals surface area contributed by atoms with Crippen LogP contribution in [0.4, 0.5) is 0 Å². The minimum atomic E-state index is -0.605. The second kappa shape index (κ2) is 5.78. The highest BCUT2D eigenvalue weighted by atomic mass is 16.2. The smallest absolute Gasteiger partial charge is 0.254 e. The maximum Gasteiger partial charge on any atom is 0.254 e. The number of nitrogens with two attached hydrogens (primary N) is 1. The molecule has 2 amide bonds. The molecule has 4 nitrogen and oxygen atoms in total. The van der Waals surface area contributed by atoms with Crippen molar-refractivity contribution in [1.29, 1.82) is 0 Å². The topological polar surface area (TPSA) is 63.4 Å². The van der Waals surface area contributed by atoms with Gasteiger partial charge in [-0.3, -0.25) is 9.59 Å². The third-order valence-corrected chi connectivity index (χ3v) is 5.46. The highest BCUT2D eigenvalue weighted by Gasteiger charge is 2.51. The number of nitrogens with zero attached hydrogens (tertiary/aromatic N) is 1. The van der Waals surface area contributed by atoms with Crippen molar-refractivity contribution < 1.29 is 9.59 Å². The number of hydrogen-bond acceptors (Lipinski definition) is 2. The van der Waals surface area contributed by atoms with Gasteiger partial charge in [0.05, 0.1) is 6.04 Å². The molecule has 0 saturated carbocycles. The van der Waals surface area contributed by atoms with Crippen LogP contribution in [0.3, 0.4) is 0 Å².